The molecule has 80 heavy (non-hydrogen) atoms. The number of nitrogens with zero attached hydrogens (tertiary/aromatic N) is 5. The third kappa shape index (κ3) is 16.2. The van der Waals surface area contributed by atoms with Crippen LogP contribution in [0, 0.1) is 104 Å². The minimum absolute atomic E-state index is 0.274. The normalized spacial score (nSPS) is 12.6. The summed E-state index contributed by atoms with van der Waals surface area (Å²) in [6.07, 6.45) is 9.76. The van der Waals surface area contributed by atoms with E-state index in [0.29, 0.717) is 11.1 Å². The number of hydrogen-bond acceptors (Lipinski definition) is 0. The van der Waals surface area contributed by atoms with Gasteiger partial charge in [-0.15, -0.1) is 0 Å². The minimum atomic E-state index is -2.14. The van der Waals surface area contributed by atoms with Crippen molar-refractivity contribution in [1.29, 1.82) is 0 Å². The highest BCUT2D eigenvalue weighted by Crippen LogP contribution is 2.27. The predicted octanol–water partition coefficient (Wildman–Crippen LogP) is 15.5. The van der Waals surface area contributed by atoms with Gasteiger partial charge in [0.1, 0.15) is 35.2 Å². The molecule has 0 N–H and O–H groups in total. The summed E-state index contributed by atoms with van der Waals surface area (Å²) in [6, 6.07) is 50.9. The number of aryl methyl sites for hydroxylation is 20. The van der Waals surface area contributed by atoms with Gasteiger partial charge in [0.25, 0.3) is 0 Å². The molecule has 0 bridgehead atoms. The topological polar surface area (TPSA) is 19.4 Å². The Hall–Kier alpha value is -8.15. The molecule has 410 valence electrons. The van der Waals surface area contributed by atoms with Gasteiger partial charge in [0.2, 0.25) is 28.5 Å². The quantitative estimate of drug-likeness (QED) is 0.153. The lowest BCUT2D eigenvalue weighted by atomic mass is 9.99. The van der Waals surface area contributed by atoms with E-state index in [1.165, 1.54) is 95.0 Å². The zero-order valence-corrected chi connectivity index (χ0v) is 50.6. The maximum atomic E-state index is 7.45. The van der Waals surface area contributed by atoms with Crippen LogP contribution < -0.4 is 22.8 Å². The summed E-state index contributed by atoms with van der Waals surface area (Å²) in [5.41, 5.74) is 27.6. The standard InChI is InChI=1S/5C15H18N/c2*1-11-5-7-14(13(3)9-11)15-8-6-12(2)10-16(15)4;2*1-11-5-7-13(3)14(9-11)15-8-6-12(2)10-16(15)4;1-11-8-9-14(16(4)10-11)15-12(2)6-5-7-13(15)3/h5*5-10H,1-4H3/q5*+1/i1D3,2D3;;2D3;;. The van der Waals surface area contributed by atoms with Gasteiger partial charge in [-0.05, 0) is 192 Å². The fourth-order valence-corrected chi connectivity index (χ4v) is 10.1. The van der Waals surface area contributed by atoms with Crippen LogP contribution in [0.1, 0.15) is 95.8 Å². The van der Waals surface area contributed by atoms with Crippen molar-refractivity contribution in [2.24, 2.45) is 35.2 Å². The summed E-state index contributed by atoms with van der Waals surface area (Å²) in [4.78, 5) is 0. The number of hydrogen-bond donors (Lipinski definition) is 0. The monoisotopic (exact) mass is 1070 g/mol. The number of aromatic nitrogens is 5. The molecule has 0 amide bonds. The Morgan fingerprint density at radius 3 is 0.887 bits per heavy atom. The number of pyridine rings is 5. The van der Waals surface area contributed by atoms with Crippen LogP contribution in [0.15, 0.2) is 183 Å². The molecule has 5 nitrogen and oxygen atoms in total. The van der Waals surface area contributed by atoms with Crippen LogP contribution in [0.5, 0.6) is 0 Å². The van der Waals surface area contributed by atoms with E-state index in [-0.39, 0.29) is 5.56 Å². The molecule has 5 aromatic carbocycles. The van der Waals surface area contributed by atoms with Crippen molar-refractivity contribution in [2.45, 2.75) is 104 Å². The van der Waals surface area contributed by atoms with Crippen LogP contribution in [-0.4, -0.2) is 0 Å². The van der Waals surface area contributed by atoms with E-state index in [2.05, 4.69) is 239 Å². The van der Waals surface area contributed by atoms with Crippen molar-refractivity contribution < 1.29 is 35.2 Å². The van der Waals surface area contributed by atoms with Crippen LogP contribution in [-0.2, 0) is 35.2 Å². The molecular weight excluding hydrogens is 971 g/mol. The minimum Gasteiger partial charge on any atom is -0.201 e. The van der Waals surface area contributed by atoms with Crippen molar-refractivity contribution in [2.75, 3.05) is 0 Å². The Balaban J connectivity index is 0.000000178. The summed E-state index contributed by atoms with van der Waals surface area (Å²) in [5, 5.41) is 0. The van der Waals surface area contributed by atoms with Gasteiger partial charge in [-0.2, -0.15) is 0 Å². The van der Waals surface area contributed by atoms with Crippen LogP contribution in [0.4, 0.5) is 0 Å². The lowest BCUT2D eigenvalue weighted by Crippen LogP contribution is -2.31. The van der Waals surface area contributed by atoms with Crippen LogP contribution in [0.3, 0.4) is 0 Å². The smallest absolute Gasteiger partial charge is 0.201 e. The molecular formula is C75H90N5+5. The van der Waals surface area contributed by atoms with Gasteiger partial charge in [-0.1, -0.05) is 89.0 Å². The predicted molar refractivity (Wildman–Crippen MR) is 336 cm³/mol. The Bertz CT molecular complexity index is 4010. The SMILES string of the molecule is Cc1ccc(-c2c(C)cccc2C)[n+](C)c1.Cc1ccc(-c2ccc(C)c[n+]2C)c(C)c1.Cc1ccc(C)c(-c2ccc(C)c[n+]2C)c1.[2H]C([2H])([2H])c1ccc(-c2cc(C)ccc2C)[n+](C)c1.[2H]C([2H])([2H])c1ccc(-c2ccc(C([2H])([2H])[2H])c[n+]2C)c(C)c1. The highest BCUT2D eigenvalue weighted by Gasteiger charge is 2.17. The largest absolute Gasteiger partial charge is 0.212 e. The van der Waals surface area contributed by atoms with Crippen molar-refractivity contribution in [3.8, 4) is 56.3 Å². The first-order valence-corrected chi connectivity index (χ1v) is 27.3. The second-order valence-electron chi connectivity index (χ2n) is 21.7. The van der Waals surface area contributed by atoms with E-state index in [1.807, 2.05) is 24.6 Å². The molecule has 0 spiro atoms. The average molecular weight is 1070 g/mol. The van der Waals surface area contributed by atoms with E-state index < -0.39 is 20.6 Å². The fraction of sp³-hybridized carbons (Fsp3) is 0.267. The van der Waals surface area contributed by atoms with E-state index in [4.69, 9.17) is 12.3 Å². The molecule has 10 aromatic rings. The number of benzene rings is 5. The molecule has 5 heterocycles. The van der Waals surface area contributed by atoms with Gasteiger partial charge in [0, 0.05) is 92.7 Å². The molecule has 0 aliphatic heterocycles. The molecule has 0 aliphatic rings. The maximum absolute atomic E-state index is 7.45. The zero-order valence-electron chi connectivity index (χ0n) is 59.6. The zero-order chi connectivity index (χ0) is 66.0. The Labute approximate surface area is 494 Å². The highest BCUT2D eigenvalue weighted by molar-refractivity contribution is 5.66. The molecule has 0 radical (unpaired) electrons. The summed E-state index contributed by atoms with van der Waals surface area (Å²) in [5.74, 6) is 0. The molecule has 0 aliphatic carbocycles. The van der Waals surface area contributed by atoms with Crippen molar-refractivity contribution in [3.05, 3.63) is 266 Å². The summed E-state index contributed by atoms with van der Waals surface area (Å²) in [6.45, 7) is 18.9. The third-order valence-electron chi connectivity index (χ3n) is 14.3. The Kier molecular flexibility index (Phi) is 16.9. The van der Waals surface area contributed by atoms with E-state index in [9.17, 15) is 0 Å². The molecule has 0 unspecified atom stereocenters. The van der Waals surface area contributed by atoms with Crippen LogP contribution in [0.2, 0.25) is 0 Å². The molecule has 0 atom stereocenters. The van der Waals surface area contributed by atoms with Crippen LogP contribution in [0.25, 0.3) is 56.3 Å². The molecule has 5 heteroatoms. The van der Waals surface area contributed by atoms with Gasteiger partial charge in [0.15, 0.2) is 31.0 Å². The Morgan fingerprint density at radius 2 is 0.525 bits per heavy atom. The Morgan fingerprint density at radius 1 is 0.237 bits per heavy atom. The lowest BCUT2D eigenvalue weighted by molar-refractivity contribution is -0.660. The molecule has 0 saturated carbocycles. The van der Waals surface area contributed by atoms with Crippen LogP contribution >= 0.6 is 0 Å². The van der Waals surface area contributed by atoms with Crippen molar-refractivity contribution >= 4 is 0 Å². The first-order chi connectivity index (χ1) is 41.5. The van der Waals surface area contributed by atoms with Gasteiger partial charge < -0.3 is 0 Å². The average Bonchev–Trinajstić information content (AvgIpc) is 1.22. The summed E-state index contributed by atoms with van der Waals surface area (Å²) >= 11 is 0. The van der Waals surface area contributed by atoms with Crippen molar-refractivity contribution in [1.82, 2.24) is 0 Å². The highest BCUT2D eigenvalue weighted by atomic mass is 14.9. The summed E-state index contributed by atoms with van der Waals surface area (Å²) in [7, 11) is 9.97. The number of rotatable bonds is 5. The van der Waals surface area contributed by atoms with Gasteiger partial charge in [0.05, 0.1) is 5.56 Å². The van der Waals surface area contributed by atoms with Gasteiger partial charge in [-0.3, -0.25) is 0 Å². The maximum Gasteiger partial charge on any atom is 0.212 e. The second kappa shape index (κ2) is 27.6. The molecule has 5 aromatic heterocycles. The van der Waals surface area contributed by atoms with Gasteiger partial charge in [-0.25, -0.2) is 22.8 Å². The second-order valence-corrected chi connectivity index (χ2v) is 21.7. The first kappa shape index (κ1) is 48.9. The van der Waals surface area contributed by atoms with E-state index >= 15 is 0 Å². The lowest BCUT2D eigenvalue weighted by Gasteiger charge is -2.07. The van der Waals surface area contributed by atoms with E-state index in [0.717, 1.165) is 28.1 Å². The van der Waals surface area contributed by atoms with E-state index in [1.54, 1.807) is 60.4 Å². The van der Waals surface area contributed by atoms with Crippen molar-refractivity contribution in [3.63, 3.8) is 0 Å². The molecule has 10 rings (SSSR count). The fourth-order valence-electron chi connectivity index (χ4n) is 10.1. The molecule has 0 fully saturated rings. The first-order valence-electron chi connectivity index (χ1n) is 31.8. The molecule has 0 saturated heterocycles. The van der Waals surface area contributed by atoms with Gasteiger partial charge >= 0.3 is 0 Å². The third-order valence-corrected chi connectivity index (χ3v) is 14.3. The summed E-state index contributed by atoms with van der Waals surface area (Å²) < 4.78 is 77.2.